The third kappa shape index (κ3) is 4.56. The van der Waals surface area contributed by atoms with Crippen molar-refractivity contribution in [2.24, 2.45) is 10.2 Å². The minimum absolute atomic E-state index is 0.403. The van der Waals surface area contributed by atoms with Crippen LogP contribution in [0.2, 0.25) is 0 Å². The summed E-state index contributed by atoms with van der Waals surface area (Å²) in [6.45, 7) is 0.807. The van der Waals surface area contributed by atoms with Crippen LogP contribution >= 0.6 is 0 Å². The van der Waals surface area contributed by atoms with Gasteiger partial charge in [-0.05, 0) is 34.3 Å². The predicted octanol–water partition coefficient (Wildman–Crippen LogP) is 5.29. The zero-order chi connectivity index (χ0) is 14.9. The third-order valence-electron chi connectivity index (χ3n) is 2.68. The average Bonchev–Trinajstić information content (AvgIpc) is 2.49. The number of benzene rings is 2. The van der Waals surface area contributed by atoms with Crippen molar-refractivity contribution in [2.75, 3.05) is 0 Å². The molecule has 104 valence electrons. The minimum Gasteiger partial charge on any atom is -0.372 e. The first-order chi connectivity index (χ1) is 10.3. The summed E-state index contributed by atoms with van der Waals surface area (Å²) in [4.78, 5) is 5.49. The lowest BCUT2D eigenvalue weighted by Crippen LogP contribution is -1.93. The Morgan fingerprint density at radius 2 is 1.29 bits per heavy atom. The molecule has 0 N–H and O–H groups in total. The molecule has 21 heavy (non-hydrogen) atoms. The summed E-state index contributed by atoms with van der Waals surface area (Å²) >= 11 is 0. The summed E-state index contributed by atoms with van der Waals surface area (Å²) in [7, 11) is 0. The predicted molar refractivity (Wildman–Crippen MR) is 79.0 cm³/mol. The molecule has 2 aromatic rings. The van der Waals surface area contributed by atoms with Crippen LogP contribution in [0.3, 0.4) is 0 Å². The topological polar surface area (TPSA) is 107 Å². The average molecular weight is 280 g/mol. The van der Waals surface area contributed by atoms with Gasteiger partial charge in [-0.25, -0.2) is 0 Å². The summed E-state index contributed by atoms with van der Waals surface area (Å²) in [5.41, 5.74) is 19.8. The number of hydrogen-bond acceptors (Lipinski definition) is 3. The highest BCUT2D eigenvalue weighted by Crippen LogP contribution is 2.17. The van der Waals surface area contributed by atoms with E-state index in [1.807, 2.05) is 24.3 Å². The first kappa shape index (κ1) is 14.4. The van der Waals surface area contributed by atoms with Crippen molar-refractivity contribution >= 4 is 11.4 Å². The lowest BCUT2D eigenvalue weighted by atomic mass is 10.2. The van der Waals surface area contributed by atoms with Gasteiger partial charge in [0.1, 0.15) is 0 Å². The van der Waals surface area contributed by atoms with Gasteiger partial charge in [-0.1, -0.05) is 46.6 Å². The number of ether oxygens (including phenoxy) is 1. The van der Waals surface area contributed by atoms with E-state index in [1.165, 1.54) is 0 Å². The normalized spacial score (nSPS) is 9.52. The first-order valence-corrected chi connectivity index (χ1v) is 6.17. The number of nitrogens with zero attached hydrogens (tertiary/aromatic N) is 6. The van der Waals surface area contributed by atoms with E-state index in [0.717, 1.165) is 11.1 Å². The largest absolute Gasteiger partial charge is 0.372 e. The monoisotopic (exact) mass is 280 g/mol. The lowest BCUT2D eigenvalue weighted by molar-refractivity contribution is 0.107. The molecular weight excluding hydrogens is 268 g/mol. The van der Waals surface area contributed by atoms with Crippen LogP contribution in [0, 0.1) is 0 Å². The molecule has 0 fully saturated rings. The Bertz CT molecular complexity index is 655. The van der Waals surface area contributed by atoms with Gasteiger partial charge in [0.2, 0.25) is 0 Å². The Balaban J connectivity index is 1.95. The van der Waals surface area contributed by atoms with Gasteiger partial charge in [0.05, 0.1) is 13.2 Å². The van der Waals surface area contributed by atoms with Crippen LogP contribution in [0.1, 0.15) is 11.1 Å². The molecule has 0 amide bonds. The van der Waals surface area contributed by atoms with Crippen LogP contribution in [0.25, 0.3) is 20.9 Å². The molecule has 0 heterocycles. The van der Waals surface area contributed by atoms with Gasteiger partial charge in [-0.2, -0.15) is 0 Å². The highest BCUT2D eigenvalue weighted by atomic mass is 16.5. The quantitative estimate of drug-likeness (QED) is 0.400. The number of azide groups is 2. The smallest absolute Gasteiger partial charge is 0.0721 e. The van der Waals surface area contributed by atoms with E-state index < -0.39 is 0 Å². The van der Waals surface area contributed by atoms with Crippen LogP contribution in [-0.4, -0.2) is 0 Å². The lowest BCUT2D eigenvalue weighted by Gasteiger charge is -2.06. The zero-order valence-corrected chi connectivity index (χ0v) is 11.1. The maximum absolute atomic E-state index is 8.40. The molecule has 7 heteroatoms. The van der Waals surface area contributed by atoms with Gasteiger partial charge in [-0.15, -0.1) is 0 Å². The second-order valence-electron chi connectivity index (χ2n) is 4.21. The van der Waals surface area contributed by atoms with Gasteiger partial charge in [0, 0.05) is 21.2 Å². The Labute approximate surface area is 121 Å². The summed E-state index contributed by atoms with van der Waals surface area (Å²) in [5.74, 6) is 0. The molecule has 0 unspecified atom stereocenters. The molecular formula is C14H12N6O. The van der Waals surface area contributed by atoms with Gasteiger partial charge >= 0.3 is 0 Å². The van der Waals surface area contributed by atoms with E-state index in [0.29, 0.717) is 24.6 Å². The molecule has 0 radical (unpaired) electrons. The Hall–Kier alpha value is -2.98. The molecule has 0 aromatic heterocycles. The molecule has 0 aliphatic heterocycles. The molecule has 7 nitrogen and oxygen atoms in total. The van der Waals surface area contributed by atoms with Crippen LogP contribution in [0.15, 0.2) is 58.8 Å². The Morgan fingerprint density at radius 1 is 0.810 bits per heavy atom. The van der Waals surface area contributed by atoms with E-state index in [4.69, 9.17) is 15.8 Å². The first-order valence-electron chi connectivity index (χ1n) is 6.17. The van der Waals surface area contributed by atoms with Gasteiger partial charge in [-0.3, -0.25) is 0 Å². The molecule has 0 aliphatic rings. The van der Waals surface area contributed by atoms with Crippen LogP contribution in [-0.2, 0) is 18.0 Å². The van der Waals surface area contributed by atoms with E-state index >= 15 is 0 Å². The van der Waals surface area contributed by atoms with E-state index in [-0.39, 0.29) is 0 Å². The number of rotatable bonds is 6. The van der Waals surface area contributed by atoms with Crippen LogP contribution in [0.4, 0.5) is 11.4 Å². The van der Waals surface area contributed by atoms with E-state index in [2.05, 4.69) is 20.1 Å². The fourth-order valence-corrected chi connectivity index (χ4v) is 1.81. The van der Waals surface area contributed by atoms with E-state index in [1.54, 1.807) is 24.3 Å². The maximum atomic E-state index is 8.40. The zero-order valence-electron chi connectivity index (χ0n) is 11.1. The molecule has 0 saturated heterocycles. The van der Waals surface area contributed by atoms with Crippen LogP contribution < -0.4 is 0 Å². The molecule has 0 aliphatic carbocycles. The summed E-state index contributed by atoms with van der Waals surface area (Å²) in [6.07, 6.45) is 0. The van der Waals surface area contributed by atoms with Crippen molar-refractivity contribution < 1.29 is 4.74 Å². The molecule has 0 spiro atoms. The number of hydrogen-bond donors (Lipinski definition) is 0. The van der Waals surface area contributed by atoms with Crippen molar-refractivity contribution in [3.8, 4) is 0 Å². The molecule has 0 atom stereocenters. The van der Waals surface area contributed by atoms with Crippen LogP contribution in [0.5, 0.6) is 0 Å². The molecule has 2 rings (SSSR count). The van der Waals surface area contributed by atoms with Gasteiger partial charge in [0.25, 0.3) is 0 Å². The maximum Gasteiger partial charge on any atom is 0.0721 e. The third-order valence-corrected chi connectivity index (χ3v) is 2.68. The molecule has 2 aromatic carbocycles. The van der Waals surface area contributed by atoms with Crippen molar-refractivity contribution in [3.05, 3.63) is 80.5 Å². The minimum atomic E-state index is 0.403. The second-order valence-corrected chi connectivity index (χ2v) is 4.21. The Morgan fingerprint density at radius 3 is 1.71 bits per heavy atom. The van der Waals surface area contributed by atoms with Crippen molar-refractivity contribution in [3.63, 3.8) is 0 Å². The fourth-order valence-electron chi connectivity index (χ4n) is 1.81. The summed E-state index contributed by atoms with van der Waals surface area (Å²) in [6, 6.07) is 14.4. The Kier molecular flexibility index (Phi) is 5.20. The fraction of sp³-hybridized carbons (Fsp3) is 0.143. The highest BCUT2D eigenvalue weighted by Gasteiger charge is 1.98. The standard InChI is InChI=1S/C14H12N6O/c15-19-17-13-5-1-3-11(7-13)9-21-10-12-4-2-6-14(8-12)18-20-16/h1-8H,9-10H2. The highest BCUT2D eigenvalue weighted by molar-refractivity contribution is 5.40. The molecule has 0 saturated carbocycles. The molecule has 0 bridgehead atoms. The van der Waals surface area contributed by atoms with Crippen molar-refractivity contribution in [1.29, 1.82) is 0 Å². The summed E-state index contributed by atoms with van der Waals surface area (Å²) in [5, 5.41) is 7.09. The SMILES string of the molecule is [N-]=[N+]=Nc1cccc(COCc2cccc(N=[N+]=[N-])c2)c1. The summed E-state index contributed by atoms with van der Waals surface area (Å²) < 4.78 is 5.60. The van der Waals surface area contributed by atoms with Crippen molar-refractivity contribution in [1.82, 2.24) is 0 Å². The second kappa shape index (κ2) is 7.57. The van der Waals surface area contributed by atoms with Gasteiger partial charge in [0.15, 0.2) is 0 Å². The van der Waals surface area contributed by atoms with Crippen molar-refractivity contribution in [2.45, 2.75) is 13.2 Å². The van der Waals surface area contributed by atoms with E-state index in [9.17, 15) is 0 Å². The van der Waals surface area contributed by atoms with Gasteiger partial charge < -0.3 is 4.74 Å².